The molecule has 0 bridgehead atoms. The van der Waals surface area contributed by atoms with E-state index in [1.165, 1.54) is 69.5 Å². The SMILES string of the molecule is CCCCCCCC(CC)(CBr)CCCC. The third-order valence-corrected chi connectivity index (χ3v) is 5.09. The Morgan fingerprint density at radius 3 is 1.81 bits per heavy atom. The maximum Gasteiger partial charge on any atom is 0.00878 e. The number of halogens is 1. The molecular formula is C15H31Br. The van der Waals surface area contributed by atoms with Crippen molar-refractivity contribution >= 4 is 15.9 Å². The molecule has 0 saturated carbocycles. The molecule has 1 unspecified atom stereocenters. The van der Waals surface area contributed by atoms with Gasteiger partial charge < -0.3 is 0 Å². The smallest absolute Gasteiger partial charge is 0.00878 e. The molecule has 0 spiro atoms. The minimum atomic E-state index is 0.599. The van der Waals surface area contributed by atoms with Crippen LogP contribution >= 0.6 is 15.9 Å². The molecule has 0 aliphatic heterocycles. The molecule has 0 nitrogen and oxygen atoms in total. The summed E-state index contributed by atoms with van der Waals surface area (Å²) in [7, 11) is 0. The lowest BCUT2D eigenvalue weighted by Gasteiger charge is -2.31. The van der Waals surface area contributed by atoms with Gasteiger partial charge in [0.1, 0.15) is 0 Å². The second kappa shape index (κ2) is 10.6. The molecule has 0 heterocycles. The van der Waals surface area contributed by atoms with Crippen molar-refractivity contribution in [1.29, 1.82) is 0 Å². The van der Waals surface area contributed by atoms with Crippen molar-refractivity contribution < 1.29 is 0 Å². The van der Waals surface area contributed by atoms with E-state index in [9.17, 15) is 0 Å². The molecule has 1 heteroatoms. The summed E-state index contributed by atoms with van der Waals surface area (Å²) in [6.07, 6.45) is 14.0. The van der Waals surface area contributed by atoms with Crippen LogP contribution in [0.4, 0.5) is 0 Å². The fraction of sp³-hybridized carbons (Fsp3) is 1.00. The van der Waals surface area contributed by atoms with Crippen molar-refractivity contribution in [3.8, 4) is 0 Å². The third-order valence-electron chi connectivity index (χ3n) is 3.90. The van der Waals surface area contributed by atoms with Gasteiger partial charge >= 0.3 is 0 Å². The number of hydrogen-bond donors (Lipinski definition) is 0. The molecule has 0 N–H and O–H groups in total. The van der Waals surface area contributed by atoms with Crippen molar-refractivity contribution in [1.82, 2.24) is 0 Å². The standard InChI is InChI=1S/C15H31Br/c1-4-7-9-10-11-13-15(6-3,14-16)12-8-5-2/h4-14H2,1-3H3. The van der Waals surface area contributed by atoms with E-state index in [1.807, 2.05) is 0 Å². The largest absolute Gasteiger partial charge is 0.0922 e. The minimum Gasteiger partial charge on any atom is -0.0922 e. The second-order valence-electron chi connectivity index (χ2n) is 5.25. The van der Waals surface area contributed by atoms with Crippen LogP contribution in [0.25, 0.3) is 0 Å². The fourth-order valence-electron chi connectivity index (χ4n) is 2.36. The Kier molecular flexibility index (Phi) is 10.9. The van der Waals surface area contributed by atoms with E-state index in [2.05, 4.69) is 36.7 Å². The average molecular weight is 291 g/mol. The van der Waals surface area contributed by atoms with Gasteiger partial charge in [-0.25, -0.2) is 0 Å². The second-order valence-corrected chi connectivity index (χ2v) is 5.82. The van der Waals surface area contributed by atoms with Gasteiger partial charge in [0.2, 0.25) is 0 Å². The van der Waals surface area contributed by atoms with Crippen LogP contribution < -0.4 is 0 Å². The first-order valence-electron chi connectivity index (χ1n) is 7.30. The zero-order valence-electron chi connectivity index (χ0n) is 11.7. The molecule has 0 aliphatic carbocycles. The molecule has 0 radical (unpaired) electrons. The number of hydrogen-bond acceptors (Lipinski definition) is 0. The van der Waals surface area contributed by atoms with Gasteiger partial charge in [0.15, 0.2) is 0 Å². The van der Waals surface area contributed by atoms with Gasteiger partial charge in [0.25, 0.3) is 0 Å². The van der Waals surface area contributed by atoms with Gasteiger partial charge in [-0.05, 0) is 24.7 Å². The Hall–Kier alpha value is 0.480. The molecule has 0 saturated heterocycles. The Bertz CT molecular complexity index is 138. The Morgan fingerprint density at radius 1 is 0.750 bits per heavy atom. The number of unbranched alkanes of at least 4 members (excludes halogenated alkanes) is 5. The molecule has 0 fully saturated rings. The molecule has 0 amide bonds. The summed E-state index contributed by atoms with van der Waals surface area (Å²) in [6.45, 7) is 6.95. The maximum absolute atomic E-state index is 3.75. The van der Waals surface area contributed by atoms with Gasteiger partial charge in [0, 0.05) is 5.33 Å². The fourth-order valence-corrected chi connectivity index (χ4v) is 3.32. The molecule has 98 valence electrons. The molecule has 0 aromatic rings. The zero-order valence-corrected chi connectivity index (χ0v) is 13.2. The summed E-state index contributed by atoms with van der Waals surface area (Å²) in [5, 5.41) is 1.20. The Labute approximate surface area is 112 Å². The predicted molar refractivity (Wildman–Crippen MR) is 79.4 cm³/mol. The highest BCUT2D eigenvalue weighted by Crippen LogP contribution is 2.36. The molecule has 16 heavy (non-hydrogen) atoms. The van der Waals surface area contributed by atoms with Crippen molar-refractivity contribution in [2.24, 2.45) is 5.41 Å². The van der Waals surface area contributed by atoms with Crippen LogP contribution in [0.3, 0.4) is 0 Å². The maximum atomic E-state index is 3.75. The van der Waals surface area contributed by atoms with E-state index in [0.717, 1.165) is 0 Å². The number of rotatable bonds is 11. The van der Waals surface area contributed by atoms with Crippen LogP contribution in [0.1, 0.15) is 85.0 Å². The van der Waals surface area contributed by atoms with Crippen LogP contribution in [-0.2, 0) is 0 Å². The van der Waals surface area contributed by atoms with Crippen molar-refractivity contribution in [2.75, 3.05) is 5.33 Å². The first kappa shape index (κ1) is 16.5. The summed E-state index contributed by atoms with van der Waals surface area (Å²) in [5.41, 5.74) is 0.599. The highest BCUT2D eigenvalue weighted by Gasteiger charge is 2.25. The minimum absolute atomic E-state index is 0.599. The van der Waals surface area contributed by atoms with Gasteiger partial charge in [0.05, 0.1) is 0 Å². The first-order chi connectivity index (χ1) is 7.74. The molecule has 0 aromatic heterocycles. The van der Waals surface area contributed by atoms with E-state index < -0.39 is 0 Å². The lowest BCUT2D eigenvalue weighted by atomic mass is 9.78. The molecule has 0 aliphatic rings. The van der Waals surface area contributed by atoms with Crippen LogP contribution in [0.2, 0.25) is 0 Å². The summed E-state index contributed by atoms with van der Waals surface area (Å²) in [5.74, 6) is 0. The highest BCUT2D eigenvalue weighted by molar-refractivity contribution is 9.09. The van der Waals surface area contributed by atoms with E-state index in [1.54, 1.807) is 0 Å². The summed E-state index contributed by atoms with van der Waals surface area (Å²) in [6, 6.07) is 0. The van der Waals surface area contributed by atoms with Crippen LogP contribution in [-0.4, -0.2) is 5.33 Å². The Balaban J connectivity index is 3.82. The molecule has 0 aromatic carbocycles. The lowest BCUT2D eigenvalue weighted by molar-refractivity contribution is 0.253. The van der Waals surface area contributed by atoms with Crippen molar-refractivity contribution in [3.05, 3.63) is 0 Å². The lowest BCUT2D eigenvalue weighted by Crippen LogP contribution is -2.21. The highest BCUT2D eigenvalue weighted by atomic mass is 79.9. The topological polar surface area (TPSA) is 0 Å². The molecule has 0 rings (SSSR count). The predicted octanol–water partition coefficient (Wildman–Crippen LogP) is 6.33. The van der Waals surface area contributed by atoms with Crippen molar-refractivity contribution in [2.45, 2.75) is 85.0 Å². The van der Waals surface area contributed by atoms with Gasteiger partial charge in [-0.3, -0.25) is 0 Å². The first-order valence-corrected chi connectivity index (χ1v) is 8.42. The van der Waals surface area contributed by atoms with Crippen LogP contribution in [0.15, 0.2) is 0 Å². The van der Waals surface area contributed by atoms with E-state index in [-0.39, 0.29) is 0 Å². The van der Waals surface area contributed by atoms with Gasteiger partial charge in [-0.15, -0.1) is 0 Å². The monoisotopic (exact) mass is 290 g/mol. The average Bonchev–Trinajstić information content (AvgIpc) is 2.33. The van der Waals surface area contributed by atoms with Gasteiger partial charge in [-0.2, -0.15) is 0 Å². The van der Waals surface area contributed by atoms with E-state index in [4.69, 9.17) is 0 Å². The molecular weight excluding hydrogens is 260 g/mol. The summed E-state index contributed by atoms with van der Waals surface area (Å²) < 4.78 is 0. The van der Waals surface area contributed by atoms with Crippen LogP contribution in [0.5, 0.6) is 0 Å². The number of alkyl halides is 1. The van der Waals surface area contributed by atoms with Crippen molar-refractivity contribution in [3.63, 3.8) is 0 Å². The van der Waals surface area contributed by atoms with Gasteiger partial charge in [-0.1, -0.05) is 81.6 Å². The van der Waals surface area contributed by atoms with E-state index in [0.29, 0.717) is 5.41 Å². The normalized spacial score (nSPS) is 15.0. The van der Waals surface area contributed by atoms with Crippen LogP contribution in [0, 0.1) is 5.41 Å². The zero-order chi connectivity index (χ0) is 12.3. The summed E-state index contributed by atoms with van der Waals surface area (Å²) >= 11 is 3.75. The third kappa shape index (κ3) is 6.93. The Morgan fingerprint density at radius 2 is 1.31 bits per heavy atom. The molecule has 1 atom stereocenters. The summed E-state index contributed by atoms with van der Waals surface area (Å²) in [4.78, 5) is 0. The quantitative estimate of drug-likeness (QED) is 0.308. The van der Waals surface area contributed by atoms with E-state index >= 15 is 0 Å².